The van der Waals surface area contributed by atoms with Gasteiger partial charge < -0.3 is 15.0 Å². The summed E-state index contributed by atoms with van der Waals surface area (Å²) < 4.78 is 5.71. The summed E-state index contributed by atoms with van der Waals surface area (Å²) in [6.07, 6.45) is 6.03. The Morgan fingerprint density at radius 2 is 1.82 bits per heavy atom. The van der Waals surface area contributed by atoms with Crippen LogP contribution >= 0.6 is 0 Å². The fourth-order valence-corrected chi connectivity index (χ4v) is 3.10. The lowest BCUT2D eigenvalue weighted by Crippen LogP contribution is -2.45. The summed E-state index contributed by atoms with van der Waals surface area (Å²) in [6.45, 7) is 5.14. The Hall–Kier alpha value is -1.71. The Morgan fingerprint density at radius 1 is 1.18 bits per heavy atom. The molecule has 0 bridgehead atoms. The second-order valence-electron chi connectivity index (χ2n) is 6.31. The predicted molar refractivity (Wildman–Crippen MR) is 89.4 cm³/mol. The van der Waals surface area contributed by atoms with Crippen molar-refractivity contribution in [1.82, 2.24) is 10.2 Å². The van der Waals surface area contributed by atoms with Gasteiger partial charge in [-0.1, -0.05) is 25.3 Å². The molecular weight excluding hydrogens is 276 g/mol. The normalized spacial score (nSPS) is 15.4. The highest BCUT2D eigenvalue weighted by molar-refractivity contribution is 5.74. The molecule has 122 valence electrons. The van der Waals surface area contributed by atoms with E-state index in [0.29, 0.717) is 19.2 Å². The molecule has 0 unspecified atom stereocenters. The molecule has 1 aliphatic carbocycles. The number of carbonyl (C=O) groups is 1. The minimum atomic E-state index is 0.0101. The molecule has 0 heterocycles. The van der Waals surface area contributed by atoms with E-state index in [1.54, 1.807) is 0 Å². The minimum absolute atomic E-state index is 0.0101. The number of carbonyl (C=O) groups excluding carboxylic acids is 1. The number of benzene rings is 1. The van der Waals surface area contributed by atoms with Crippen LogP contribution in [0.5, 0.6) is 5.75 Å². The first-order valence-corrected chi connectivity index (χ1v) is 8.28. The maximum Gasteiger partial charge on any atom is 0.317 e. The Kier molecular flexibility index (Phi) is 6.10. The Balaban J connectivity index is 1.70. The SMILES string of the molecule is Cc1cc(C)cc(OCCNC(=O)N(C)C2CCCCC2)c1. The summed E-state index contributed by atoms with van der Waals surface area (Å²) in [7, 11) is 1.90. The van der Waals surface area contributed by atoms with E-state index in [1.165, 1.54) is 30.4 Å². The molecular formula is C18H28N2O2. The van der Waals surface area contributed by atoms with E-state index in [-0.39, 0.29) is 6.03 Å². The van der Waals surface area contributed by atoms with E-state index in [1.807, 2.05) is 24.1 Å². The van der Waals surface area contributed by atoms with Crippen molar-refractivity contribution in [2.75, 3.05) is 20.2 Å². The molecule has 1 aliphatic rings. The van der Waals surface area contributed by atoms with Crippen molar-refractivity contribution in [2.24, 2.45) is 0 Å². The smallest absolute Gasteiger partial charge is 0.317 e. The Labute approximate surface area is 133 Å². The lowest BCUT2D eigenvalue weighted by molar-refractivity contribution is 0.171. The van der Waals surface area contributed by atoms with Crippen molar-refractivity contribution in [1.29, 1.82) is 0 Å². The van der Waals surface area contributed by atoms with Gasteiger partial charge in [-0.25, -0.2) is 4.79 Å². The van der Waals surface area contributed by atoms with E-state index in [9.17, 15) is 4.79 Å². The molecule has 2 amide bonds. The van der Waals surface area contributed by atoms with Crippen molar-refractivity contribution in [3.8, 4) is 5.75 Å². The number of rotatable bonds is 5. The first kappa shape index (κ1) is 16.7. The molecule has 1 aromatic carbocycles. The number of nitrogens with zero attached hydrogens (tertiary/aromatic N) is 1. The zero-order valence-electron chi connectivity index (χ0n) is 14.0. The van der Waals surface area contributed by atoms with Gasteiger partial charge in [0.2, 0.25) is 0 Å². The first-order chi connectivity index (χ1) is 10.6. The van der Waals surface area contributed by atoms with E-state index in [0.717, 1.165) is 18.6 Å². The maximum atomic E-state index is 12.1. The predicted octanol–water partition coefficient (Wildman–Crippen LogP) is 3.66. The molecule has 2 rings (SSSR count). The molecule has 0 aromatic heterocycles. The lowest BCUT2D eigenvalue weighted by Gasteiger charge is -2.31. The molecule has 1 N–H and O–H groups in total. The van der Waals surface area contributed by atoms with Crippen LogP contribution in [-0.4, -0.2) is 37.2 Å². The van der Waals surface area contributed by atoms with E-state index >= 15 is 0 Å². The van der Waals surface area contributed by atoms with Crippen molar-refractivity contribution >= 4 is 6.03 Å². The fraction of sp³-hybridized carbons (Fsp3) is 0.611. The number of hydrogen-bond donors (Lipinski definition) is 1. The van der Waals surface area contributed by atoms with Crippen LogP contribution in [0.3, 0.4) is 0 Å². The van der Waals surface area contributed by atoms with Gasteiger partial charge in [-0.05, 0) is 49.9 Å². The van der Waals surface area contributed by atoms with Gasteiger partial charge in [-0.2, -0.15) is 0 Å². The summed E-state index contributed by atoms with van der Waals surface area (Å²) >= 11 is 0. The summed E-state index contributed by atoms with van der Waals surface area (Å²) in [6, 6.07) is 6.56. The molecule has 4 heteroatoms. The van der Waals surface area contributed by atoms with Gasteiger partial charge in [0.1, 0.15) is 12.4 Å². The van der Waals surface area contributed by atoms with Crippen LogP contribution in [-0.2, 0) is 0 Å². The van der Waals surface area contributed by atoms with Crippen LogP contribution in [0.4, 0.5) is 4.79 Å². The molecule has 4 nitrogen and oxygen atoms in total. The monoisotopic (exact) mass is 304 g/mol. The minimum Gasteiger partial charge on any atom is -0.492 e. The third-order valence-corrected chi connectivity index (χ3v) is 4.28. The van der Waals surface area contributed by atoms with E-state index in [2.05, 4.69) is 25.2 Å². The van der Waals surface area contributed by atoms with Crippen LogP contribution in [0.25, 0.3) is 0 Å². The summed E-state index contributed by atoms with van der Waals surface area (Å²) in [4.78, 5) is 14.0. The van der Waals surface area contributed by atoms with Gasteiger partial charge >= 0.3 is 6.03 Å². The summed E-state index contributed by atoms with van der Waals surface area (Å²) in [5, 5.41) is 2.94. The molecule has 22 heavy (non-hydrogen) atoms. The molecule has 0 atom stereocenters. The first-order valence-electron chi connectivity index (χ1n) is 8.28. The molecule has 0 saturated heterocycles. The number of aryl methyl sites for hydroxylation is 2. The number of amides is 2. The van der Waals surface area contributed by atoms with E-state index in [4.69, 9.17) is 4.74 Å². The topological polar surface area (TPSA) is 41.6 Å². The van der Waals surface area contributed by atoms with Crippen LogP contribution in [0.1, 0.15) is 43.2 Å². The largest absolute Gasteiger partial charge is 0.492 e. The zero-order valence-corrected chi connectivity index (χ0v) is 14.0. The van der Waals surface area contributed by atoms with Gasteiger partial charge in [-0.15, -0.1) is 0 Å². The second kappa shape index (κ2) is 8.06. The molecule has 0 aliphatic heterocycles. The van der Waals surface area contributed by atoms with Crippen molar-refractivity contribution in [3.05, 3.63) is 29.3 Å². The Bertz CT molecular complexity index is 476. The van der Waals surface area contributed by atoms with Gasteiger partial charge in [0, 0.05) is 13.1 Å². The van der Waals surface area contributed by atoms with Gasteiger partial charge in [0.05, 0.1) is 6.54 Å². The zero-order chi connectivity index (χ0) is 15.9. The van der Waals surface area contributed by atoms with E-state index < -0.39 is 0 Å². The highest BCUT2D eigenvalue weighted by atomic mass is 16.5. The highest BCUT2D eigenvalue weighted by Crippen LogP contribution is 2.21. The third-order valence-electron chi connectivity index (χ3n) is 4.28. The number of nitrogens with one attached hydrogen (secondary N) is 1. The van der Waals surface area contributed by atoms with Crippen LogP contribution in [0.2, 0.25) is 0 Å². The summed E-state index contributed by atoms with van der Waals surface area (Å²) in [5.41, 5.74) is 2.38. The highest BCUT2D eigenvalue weighted by Gasteiger charge is 2.21. The average Bonchev–Trinajstić information content (AvgIpc) is 2.50. The standard InChI is InChI=1S/C18H28N2O2/c1-14-11-15(2)13-17(12-14)22-10-9-19-18(21)20(3)16-7-5-4-6-8-16/h11-13,16H,4-10H2,1-3H3,(H,19,21). The van der Waals surface area contributed by atoms with Gasteiger partial charge in [0.25, 0.3) is 0 Å². The maximum absolute atomic E-state index is 12.1. The van der Waals surface area contributed by atoms with Crippen molar-refractivity contribution in [3.63, 3.8) is 0 Å². The lowest BCUT2D eigenvalue weighted by atomic mass is 9.95. The molecule has 0 radical (unpaired) electrons. The number of hydrogen-bond acceptors (Lipinski definition) is 2. The second-order valence-corrected chi connectivity index (χ2v) is 6.31. The number of urea groups is 1. The van der Waals surface area contributed by atoms with Gasteiger partial charge in [0.15, 0.2) is 0 Å². The van der Waals surface area contributed by atoms with Crippen molar-refractivity contribution < 1.29 is 9.53 Å². The van der Waals surface area contributed by atoms with Gasteiger partial charge in [-0.3, -0.25) is 0 Å². The summed E-state index contributed by atoms with van der Waals surface area (Å²) in [5.74, 6) is 0.868. The average molecular weight is 304 g/mol. The van der Waals surface area contributed by atoms with Crippen LogP contribution in [0.15, 0.2) is 18.2 Å². The number of ether oxygens (including phenoxy) is 1. The molecule has 0 spiro atoms. The fourth-order valence-electron chi connectivity index (χ4n) is 3.10. The van der Waals surface area contributed by atoms with Crippen LogP contribution < -0.4 is 10.1 Å². The molecule has 1 fully saturated rings. The molecule has 1 saturated carbocycles. The molecule has 1 aromatic rings. The quantitative estimate of drug-likeness (QED) is 0.844. The van der Waals surface area contributed by atoms with Crippen molar-refractivity contribution in [2.45, 2.75) is 52.0 Å². The Morgan fingerprint density at radius 3 is 2.45 bits per heavy atom. The van der Waals surface area contributed by atoms with Crippen LogP contribution in [0, 0.1) is 13.8 Å². The third kappa shape index (κ3) is 4.93.